The van der Waals surface area contributed by atoms with Crippen LogP contribution in [0.15, 0.2) is 71.8 Å². The van der Waals surface area contributed by atoms with Crippen molar-refractivity contribution in [1.29, 1.82) is 0 Å². The molecule has 2 aromatic heterocycles. The van der Waals surface area contributed by atoms with E-state index in [0.717, 1.165) is 11.1 Å². The Hall–Kier alpha value is -3.05. The summed E-state index contributed by atoms with van der Waals surface area (Å²) in [5, 5.41) is 5.03. The van der Waals surface area contributed by atoms with E-state index in [4.69, 9.17) is 16.3 Å². The summed E-state index contributed by atoms with van der Waals surface area (Å²) in [6.07, 6.45) is 3.55. The maximum Gasteiger partial charge on any atom is 0.276 e. The standard InChI is InChI=1S/C21H18ClN3O2/c1-2-27-20-9-8-16(12-17(20)22)18-13-19-21(26)24(10-11-25(19)23-18)14-15-6-4-3-5-7-15/h3-13H,2,14H2,1H3. The summed E-state index contributed by atoms with van der Waals surface area (Å²) in [5.74, 6) is 0.636. The fraction of sp³-hybridized carbons (Fsp3) is 0.143. The van der Waals surface area contributed by atoms with E-state index >= 15 is 0 Å². The zero-order valence-corrected chi connectivity index (χ0v) is 15.6. The molecule has 0 aliphatic rings. The summed E-state index contributed by atoms with van der Waals surface area (Å²) in [6, 6.07) is 17.2. The van der Waals surface area contributed by atoms with Gasteiger partial charge in [0, 0.05) is 18.0 Å². The normalized spacial score (nSPS) is 11.0. The van der Waals surface area contributed by atoms with E-state index in [1.54, 1.807) is 33.6 Å². The predicted molar refractivity (Wildman–Crippen MR) is 107 cm³/mol. The van der Waals surface area contributed by atoms with Crippen LogP contribution in [0.2, 0.25) is 5.02 Å². The highest BCUT2D eigenvalue weighted by molar-refractivity contribution is 6.32. The second kappa shape index (κ2) is 7.29. The van der Waals surface area contributed by atoms with E-state index in [9.17, 15) is 4.79 Å². The third-order valence-corrected chi connectivity index (χ3v) is 4.62. The van der Waals surface area contributed by atoms with Crippen LogP contribution in [0.4, 0.5) is 0 Å². The van der Waals surface area contributed by atoms with Crippen molar-refractivity contribution in [2.75, 3.05) is 6.61 Å². The summed E-state index contributed by atoms with van der Waals surface area (Å²) in [5.41, 5.74) is 3.03. The molecule has 4 rings (SSSR count). The van der Waals surface area contributed by atoms with Crippen molar-refractivity contribution in [3.05, 3.63) is 87.9 Å². The predicted octanol–water partition coefficient (Wildman–Crippen LogP) is 4.26. The average Bonchev–Trinajstić information content (AvgIpc) is 3.12. The summed E-state index contributed by atoms with van der Waals surface area (Å²) in [6.45, 7) is 2.98. The molecular formula is C21H18ClN3O2. The van der Waals surface area contributed by atoms with Gasteiger partial charge in [0.1, 0.15) is 11.3 Å². The molecule has 5 nitrogen and oxygen atoms in total. The third-order valence-electron chi connectivity index (χ3n) is 4.33. The maximum absolute atomic E-state index is 12.8. The SMILES string of the molecule is CCOc1ccc(-c2cc3c(=O)n(Cc4ccccc4)ccn3n2)cc1Cl. The third kappa shape index (κ3) is 3.46. The van der Waals surface area contributed by atoms with Gasteiger partial charge in [-0.3, -0.25) is 4.79 Å². The molecule has 0 aliphatic heterocycles. The number of hydrogen-bond donors (Lipinski definition) is 0. The summed E-state index contributed by atoms with van der Waals surface area (Å²) < 4.78 is 8.75. The van der Waals surface area contributed by atoms with E-state index in [0.29, 0.717) is 35.1 Å². The molecule has 136 valence electrons. The fourth-order valence-corrected chi connectivity index (χ4v) is 3.24. The van der Waals surface area contributed by atoms with Gasteiger partial charge in [0.05, 0.1) is 23.9 Å². The molecule has 0 spiro atoms. The van der Waals surface area contributed by atoms with Gasteiger partial charge < -0.3 is 9.30 Å². The Morgan fingerprint density at radius 2 is 1.89 bits per heavy atom. The van der Waals surface area contributed by atoms with E-state index in [1.165, 1.54) is 0 Å². The minimum absolute atomic E-state index is 0.0860. The van der Waals surface area contributed by atoms with Crippen molar-refractivity contribution >= 4 is 17.1 Å². The summed E-state index contributed by atoms with van der Waals surface area (Å²) in [4.78, 5) is 12.8. The summed E-state index contributed by atoms with van der Waals surface area (Å²) in [7, 11) is 0. The fourth-order valence-electron chi connectivity index (χ4n) is 3.00. The largest absolute Gasteiger partial charge is 0.492 e. The Labute approximate surface area is 161 Å². The number of benzene rings is 2. The minimum Gasteiger partial charge on any atom is -0.492 e. The molecule has 0 atom stereocenters. The highest BCUT2D eigenvalue weighted by Crippen LogP contribution is 2.30. The van der Waals surface area contributed by atoms with Gasteiger partial charge in [-0.2, -0.15) is 5.10 Å². The number of hydrogen-bond acceptors (Lipinski definition) is 3. The maximum atomic E-state index is 12.8. The van der Waals surface area contributed by atoms with Gasteiger partial charge in [-0.05, 0) is 36.8 Å². The van der Waals surface area contributed by atoms with Gasteiger partial charge in [-0.25, -0.2) is 4.52 Å². The Kier molecular flexibility index (Phi) is 4.69. The first-order valence-corrected chi connectivity index (χ1v) is 9.09. The van der Waals surface area contributed by atoms with Gasteiger partial charge >= 0.3 is 0 Å². The highest BCUT2D eigenvalue weighted by Gasteiger charge is 2.11. The molecule has 2 heterocycles. The molecule has 0 amide bonds. The first kappa shape index (κ1) is 17.4. The van der Waals surface area contributed by atoms with Gasteiger partial charge in [-0.15, -0.1) is 0 Å². The second-order valence-corrected chi connectivity index (χ2v) is 6.56. The van der Waals surface area contributed by atoms with Crippen molar-refractivity contribution < 1.29 is 4.74 Å². The molecule has 4 aromatic rings. The Balaban J connectivity index is 1.71. The molecule has 0 aliphatic carbocycles. The van der Waals surface area contributed by atoms with Crippen LogP contribution in [0.3, 0.4) is 0 Å². The molecule has 0 fully saturated rings. The van der Waals surface area contributed by atoms with Crippen LogP contribution in [0.5, 0.6) is 5.75 Å². The van der Waals surface area contributed by atoms with Crippen molar-refractivity contribution in [1.82, 2.24) is 14.2 Å². The van der Waals surface area contributed by atoms with Crippen LogP contribution < -0.4 is 10.3 Å². The Morgan fingerprint density at radius 1 is 1.07 bits per heavy atom. The van der Waals surface area contributed by atoms with Crippen molar-refractivity contribution in [3.63, 3.8) is 0 Å². The highest BCUT2D eigenvalue weighted by atomic mass is 35.5. The number of halogens is 1. The number of rotatable bonds is 5. The van der Waals surface area contributed by atoms with Crippen LogP contribution in [0.25, 0.3) is 16.8 Å². The van der Waals surface area contributed by atoms with E-state index in [1.807, 2.05) is 49.4 Å². The zero-order valence-electron chi connectivity index (χ0n) is 14.8. The van der Waals surface area contributed by atoms with Gasteiger partial charge in [0.2, 0.25) is 0 Å². The number of nitrogens with zero attached hydrogens (tertiary/aromatic N) is 3. The van der Waals surface area contributed by atoms with E-state index in [2.05, 4.69) is 5.10 Å². The van der Waals surface area contributed by atoms with Crippen LogP contribution in [0, 0.1) is 0 Å². The quantitative estimate of drug-likeness (QED) is 0.520. The molecular weight excluding hydrogens is 362 g/mol. The molecule has 2 aromatic carbocycles. The molecule has 0 unspecified atom stereocenters. The molecule has 27 heavy (non-hydrogen) atoms. The number of aromatic nitrogens is 3. The van der Waals surface area contributed by atoms with Gasteiger partial charge in [0.15, 0.2) is 0 Å². The first-order chi connectivity index (χ1) is 13.2. The first-order valence-electron chi connectivity index (χ1n) is 8.71. The lowest BCUT2D eigenvalue weighted by atomic mass is 10.1. The van der Waals surface area contributed by atoms with Crippen LogP contribution in [0.1, 0.15) is 12.5 Å². The molecule has 0 radical (unpaired) electrons. The van der Waals surface area contributed by atoms with Crippen LogP contribution in [-0.4, -0.2) is 20.8 Å². The second-order valence-electron chi connectivity index (χ2n) is 6.15. The molecule has 6 heteroatoms. The monoisotopic (exact) mass is 379 g/mol. The molecule has 0 saturated heterocycles. The van der Waals surface area contributed by atoms with Gasteiger partial charge in [-0.1, -0.05) is 41.9 Å². The number of fused-ring (bicyclic) bond motifs is 1. The van der Waals surface area contributed by atoms with Crippen LogP contribution in [-0.2, 0) is 6.54 Å². The smallest absolute Gasteiger partial charge is 0.276 e. The lowest BCUT2D eigenvalue weighted by Crippen LogP contribution is -2.21. The van der Waals surface area contributed by atoms with Crippen molar-refractivity contribution in [3.8, 4) is 17.0 Å². The topological polar surface area (TPSA) is 48.5 Å². The Morgan fingerprint density at radius 3 is 2.63 bits per heavy atom. The Bertz CT molecular complexity index is 1150. The lowest BCUT2D eigenvalue weighted by molar-refractivity contribution is 0.340. The number of ether oxygens (including phenoxy) is 1. The van der Waals surface area contributed by atoms with Gasteiger partial charge in [0.25, 0.3) is 5.56 Å². The van der Waals surface area contributed by atoms with E-state index < -0.39 is 0 Å². The van der Waals surface area contributed by atoms with E-state index in [-0.39, 0.29) is 5.56 Å². The zero-order chi connectivity index (χ0) is 18.8. The lowest BCUT2D eigenvalue weighted by Gasteiger charge is -2.06. The molecule has 0 saturated carbocycles. The summed E-state index contributed by atoms with van der Waals surface area (Å²) >= 11 is 6.28. The minimum atomic E-state index is -0.0860. The van der Waals surface area contributed by atoms with Crippen molar-refractivity contribution in [2.45, 2.75) is 13.5 Å². The average molecular weight is 380 g/mol. The molecule has 0 bridgehead atoms. The van der Waals surface area contributed by atoms with Crippen LogP contribution >= 0.6 is 11.6 Å². The molecule has 0 N–H and O–H groups in total. The van der Waals surface area contributed by atoms with Crippen molar-refractivity contribution in [2.24, 2.45) is 0 Å².